The molecule has 1 aliphatic carbocycles. The van der Waals surface area contributed by atoms with Crippen molar-refractivity contribution in [1.82, 2.24) is 25.1 Å². The first-order valence-corrected chi connectivity index (χ1v) is 10.5. The van der Waals surface area contributed by atoms with Crippen LogP contribution in [-0.4, -0.2) is 63.8 Å². The lowest BCUT2D eigenvalue weighted by molar-refractivity contribution is -0.122. The molecule has 3 heterocycles. The van der Waals surface area contributed by atoms with Crippen LogP contribution in [0.5, 0.6) is 0 Å². The Labute approximate surface area is 163 Å². The fourth-order valence-corrected chi connectivity index (χ4v) is 3.84. The summed E-state index contributed by atoms with van der Waals surface area (Å²) >= 11 is 1.65. The van der Waals surface area contributed by atoms with E-state index in [1.54, 1.807) is 11.8 Å². The van der Waals surface area contributed by atoms with Gasteiger partial charge in [0.15, 0.2) is 10.8 Å². The number of hydrogen-bond acceptors (Lipinski definition) is 7. The van der Waals surface area contributed by atoms with Crippen molar-refractivity contribution in [3.8, 4) is 0 Å². The smallest absolute Gasteiger partial charge is 0.223 e. The predicted octanol–water partition coefficient (Wildman–Crippen LogP) is 1.69. The van der Waals surface area contributed by atoms with Crippen LogP contribution in [0.1, 0.15) is 26.7 Å². The Kier molecular flexibility index (Phi) is 5.49. The van der Waals surface area contributed by atoms with Crippen LogP contribution in [0.2, 0.25) is 0 Å². The number of hydrogen-bond donors (Lipinski definition) is 1. The minimum absolute atomic E-state index is 0.158. The van der Waals surface area contributed by atoms with Gasteiger partial charge in [0.25, 0.3) is 0 Å². The average Bonchev–Trinajstić information content (AvgIpc) is 3.44. The molecule has 1 saturated carbocycles. The standard InChI is InChI=1S/C18H26N6O2S/c1-12(2)27-18-21-15(23-7-9-26-10-8-23)14-11-20-24(16(14)22-18)6-5-19-17(25)13-3-4-13/h11-13H,3-10H2,1-2H3,(H,19,25). The molecule has 0 aromatic carbocycles. The van der Waals surface area contributed by atoms with Gasteiger partial charge in [-0.2, -0.15) is 5.10 Å². The van der Waals surface area contributed by atoms with Crippen molar-refractivity contribution < 1.29 is 9.53 Å². The molecule has 9 heteroatoms. The summed E-state index contributed by atoms with van der Waals surface area (Å²) in [6.45, 7) is 8.50. The third-order valence-electron chi connectivity index (χ3n) is 4.68. The summed E-state index contributed by atoms with van der Waals surface area (Å²) in [6.07, 6.45) is 3.87. The molecule has 1 saturated heterocycles. The molecule has 1 aliphatic heterocycles. The number of amides is 1. The Morgan fingerprint density at radius 1 is 1.33 bits per heavy atom. The molecule has 0 unspecified atom stereocenters. The number of nitrogens with zero attached hydrogens (tertiary/aromatic N) is 5. The van der Waals surface area contributed by atoms with Gasteiger partial charge < -0.3 is 15.0 Å². The Bertz CT molecular complexity index is 814. The SMILES string of the molecule is CC(C)Sc1nc(N2CCOCC2)c2cnn(CCNC(=O)C3CC3)c2n1. The number of morpholine rings is 1. The highest BCUT2D eigenvalue weighted by atomic mass is 32.2. The Hall–Kier alpha value is -1.87. The molecule has 1 amide bonds. The first-order valence-electron chi connectivity index (χ1n) is 9.62. The van der Waals surface area contributed by atoms with Crippen LogP contribution in [0.3, 0.4) is 0 Å². The van der Waals surface area contributed by atoms with Gasteiger partial charge >= 0.3 is 0 Å². The van der Waals surface area contributed by atoms with E-state index in [0.717, 1.165) is 47.9 Å². The van der Waals surface area contributed by atoms with E-state index in [4.69, 9.17) is 14.7 Å². The summed E-state index contributed by atoms with van der Waals surface area (Å²) in [6, 6.07) is 0. The zero-order valence-electron chi connectivity index (χ0n) is 15.8. The largest absolute Gasteiger partial charge is 0.378 e. The predicted molar refractivity (Wildman–Crippen MR) is 105 cm³/mol. The third kappa shape index (κ3) is 4.35. The number of rotatable bonds is 7. The van der Waals surface area contributed by atoms with E-state index >= 15 is 0 Å². The summed E-state index contributed by atoms with van der Waals surface area (Å²) < 4.78 is 7.36. The minimum atomic E-state index is 0.158. The first kappa shape index (κ1) is 18.5. The van der Waals surface area contributed by atoms with Crippen LogP contribution in [0.25, 0.3) is 11.0 Å². The lowest BCUT2D eigenvalue weighted by atomic mass is 10.3. The van der Waals surface area contributed by atoms with Crippen molar-refractivity contribution in [3.63, 3.8) is 0 Å². The van der Waals surface area contributed by atoms with E-state index in [1.165, 1.54) is 0 Å². The van der Waals surface area contributed by atoms with Crippen LogP contribution in [0.15, 0.2) is 11.4 Å². The topological polar surface area (TPSA) is 85.2 Å². The number of nitrogens with one attached hydrogen (secondary N) is 1. The van der Waals surface area contributed by atoms with E-state index in [9.17, 15) is 4.79 Å². The highest BCUT2D eigenvalue weighted by Crippen LogP contribution is 2.30. The van der Waals surface area contributed by atoms with Gasteiger partial charge in [0.05, 0.1) is 31.3 Å². The summed E-state index contributed by atoms with van der Waals surface area (Å²) in [4.78, 5) is 23.7. The Morgan fingerprint density at radius 2 is 2.11 bits per heavy atom. The fourth-order valence-electron chi connectivity index (χ4n) is 3.14. The molecule has 2 aromatic heterocycles. The summed E-state index contributed by atoms with van der Waals surface area (Å²) in [5.41, 5.74) is 0.829. The maximum atomic E-state index is 11.8. The number of anilines is 1. The molecule has 1 N–H and O–H groups in total. The van der Waals surface area contributed by atoms with E-state index in [2.05, 4.69) is 29.2 Å². The van der Waals surface area contributed by atoms with Crippen molar-refractivity contribution in [2.24, 2.45) is 5.92 Å². The van der Waals surface area contributed by atoms with Gasteiger partial charge in [-0.1, -0.05) is 25.6 Å². The maximum absolute atomic E-state index is 11.8. The molecule has 2 aromatic rings. The average molecular weight is 391 g/mol. The van der Waals surface area contributed by atoms with Gasteiger partial charge in [0, 0.05) is 30.8 Å². The minimum Gasteiger partial charge on any atom is -0.378 e. The van der Waals surface area contributed by atoms with E-state index in [-0.39, 0.29) is 11.8 Å². The summed E-state index contributed by atoms with van der Waals surface area (Å²) in [5.74, 6) is 1.31. The van der Waals surface area contributed by atoms with Crippen molar-refractivity contribution in [1.29, 1.82) is 0 Å². The number of carbonyl (C=O) groups is 1. The monoisotopic (exact) mass is 390 g/mol. The highest BCUT2D eigenvalue weighted by Gasteiger charge is 2.29. The molecule has 0 radical (unpaired) electrons. The molecule has 8 nitrogen and oxygen atoms in total. The molecule has 0 bridgehead atoms. The normalized spacial score (nSPS) is 17.7. The van der Waals surface area contributed by atoms with Crippen molar-refractivity contribution in [2.75, 3.05) is 37.7 Å². The molecular formula is C18H26N6O2S. The van der Waals surface area contributed by atoms with Gasteiger partial charge in [0.1, 0.15) is 5.82 Å². The summed E-state index contributed by atoms with van der Waals surface area (Å²) in [7, 11) is 0. The summed E-state index contributed by atoms with van der Waals surface area (Å²) in [5, 5.41) is 9.64. The highest BCUT2D eigenvalue weighted by molar-refractivity contribution is 7.99. The number of carbonyl (C=O) groups excluding carboxylic acids is 1. The maximum Gasteiger partial charge on any atom is 0.223 e. The molecule has 4 rings (SSSR count). The van der Waals surface area contributed by atoms with E-state index in [1.807, 2.05) is 10.9 Å². The second-order valence-corrected chi connectivity index (χ2v) is 8.81. The zero-order valence-corrected chi connectivity index (χ0v) is 16.7. The Morgan fingerprint density at radius 3 is 2.81 bits per heavy atom. The number of ether oxygens (including phenoxy) is 1. The van der Waals surface area contributed by atoms with Crippen molar-refractivity contribution >= 4 is 34.5 Å². The van der Waals surface area contributed by atoms with Crippen molar-refractivity contribution in [3.05, 3.63) is 6.20 Å². The van der Waals surface area contributed by atoms with Gasteiger partial charge in [-0.3, -0.25) is 4.79 Å². The fraction of sp³-hybridized carbons (Fsp3) is 0.667. The number of aromatic nitrogens is 4. The zero-order chi connectivity index (χ0) is 18.8. The molecule has 2 aliphatic rings. The number of thioether (sulfide) groups is 1. The lowest BCUT2D eigenvalue weighted by Crippen LogP contribution is -2.37. The lowest BCUT2D eigenvalue weighted by Gasteiger charge is -2.28. The molecule has 0 atom stereocenters. The van der Waals surface area contributed by atoms with E-state index < -0.39 is 0 Å². The van der Waals surface area contributed by atoms with Crippen LogP contribution in [0.4, 0.5) is 5.82 Å². The second-order valence-electron chi connectivity index (χ2n) is 7.27. The van der Waals surface area contributed by atoms with Crippen molar-refractivity contribution in [2.45, 2.75) is 43.6 Å². The quantitative estimate of drug-likeness (QED) is 0.569. The molecule has 2 fully saturated rings. The van der Waals surface area contributed by atoms with Gasteiger partial charge in [-0.15, -0.1) is 0 Å². The van der Waals surface area contributed by atoms with Gasteiger partial charge in [-0.25, -0.2) is 14.6 Å². The molecule has 146 valence electrons. The number of fused-ring (bicyclic) bond motifs is 1. The molecular weight excluding hydrogens is 364 g/mol. The second kappa shape index (κ2) is 8.02. The van der Waals surface area contributed by atoms with E-state index in [0.29, 0.717) is 31.6 Å². The third-order valence-corrected chi connectivity index (χ3v) is 5.54. The van der Waals surface area contributed by atoms with Crippen LogP contribution >= 0.6 is 11.8 Å². The Balaban J connectivity index is 1.59. The van der Waals surface area contributed by atoms with Gasteiger partial charge in [-0.05, 0) is 12.8 Å². The van der Waals surface area contributed by atoms with Crippen LogP contribution in [0, 0.1) is 5.92 Å². The molecule has 27 heavy (non-hydrogen) atoms. The molecule has 0 spiro atoms. The van der Waals surface area contributed by atoms with Gasteiger partial charge in [0.2, 0.25) is 5.91 Å². The van der Waals surface area contributed by atoms with Crippen LogP contribution < -0.4 is 10.2 Å². The van der Waals surface area contributed by atoms with Crippen LogP contribution in [-0.2, 0) is 16.1 Å². The first-order chi connectivity index (χ1) is 13.1.